The maximum Gasteiger partial charge on any atom is 0.115 e. The van der Waals surface area contributed by atoms with Crippen LogP contribution in [-0.4, -0.2) is 9.97 Å². The van der Waals surface area contributed by atoms with E-state index in [-0.39, 0.29) is 0 Å². The van der Waals surface area contributed by atoms with E-state index >= 15 is 0 Å². The van der Waals surface area contributed by atoms with Crippen molar-refractivity contribution in [3.8, 4) is 11.1 Å². The summed E-state index contributed by atoms with van der Waals surface area (Å²) in [6, 6.07) is 4.20. The first-order valence-corrected chi connectivity index (χ1v) is 5.50. The van der Waals surface area contributed by atoms with E-state index in [4.69, 9.17) is 0 Å². The van der Waals surface area contributed by atoms with E-state index in [9.17, 15) is 0 Å². The smallest absolute Gasteiger partial charge is 0.115 e. The Morgan fingerprint density at radius 2 is 1.73 bits per heavy atom. The Morgan fingerprint density at radius 1 is 1.07 bits per heavy atom. The van der Waals surface area contributed by atoms with E-state index in [2.05, 4.69) is 51.9 Å². The van der Waals surface area contributed by atoms with Gasteiger partial charge < -0.3 is 0 Å². The molecule has 2 aromatic rings. The fourth-order valence-electron chi connectivity index (χ4n) is 1.44. The zero-order chi connectivity index (χ0) is 10.8. The van der Waals surface area contributed by atoms with Gasteiger partial charge >= 0.3 is 0 Å². The zero-order valence-electron chi connectivity index (χ0n) is 8.66. The van der Waals surface area contributed by atoms with Crippen LogP contribution in [0.5, 0.6) is 0 Å². The molecule has 0 saturated heterocycles. The van der Waals surface area contributed by atoms with Crippen LogP contribution in [0.25, 0.3) is 11.1 Å². The molecule has 3 heteroatoms. The third-order valence-corrected chi connectivity index (χ3v) is 3.55. The minimum Gasteiger partial charge on any atom is -0.244 e. The molecule has 0 aliphatic heterocycles. The summed E-state index contributed by atoms with van der Waals surface area (Å²) in [6.45, 7) is 4.21. The van der Waals surface area contributed by atoms with E-state index in [1.54, 1.807) is 6.33 Å². The minimum absolute atomic E-state index is 1.03. The van der Waals surface area contributed by atoms with Gasteiger partial charge in [0.1, 0.15) is 6.33 Å². The minimum atomic E-state index is 1.03. The van der Waals surface area contributed by atoms with Crippen LogP contribution in [0.2, 0.25) is 0 Å². The Hall–Kier alpha value is -1.22. The first-order chi connectivity index (χ1) is 7.20. The first kappa shape index (κ1) is 10.3. The number of halogens is 1. The van der Waals surface area contributed by atoms with Gasteiger partial charge in [-0.3, -0.25) is 0 Å². The fraction of sp³-hybridized carbons (Fsp3) is 0.167. The van der Waals surface area contributed by atoms with Gasteiger partial charge in [0, 0.05) is 22.4 Å². The standard InChI is InChI=1S/C12H11BrN2/c1-8-3-4-11(12(13)9(8)2)10-5-14-7-15-6-10/h3-7H,1-2H3. The van der Waals surface area contributed by atoms with E-state index in [0.29, 0.717) is 0 Å². The van der Waals surface area contributed by atoms with Crippen LogP contribution in [0.15, 0.2) is 35.3 Å². The number of rotatable bonds is 1. The lowest BCUT2D eigenvalue weighted by atomic mass is 10.0. The molecule has 2 rings (SSSR count). The average molecular weight is 263 g/mol. The number of hydrogen-bond donors (Lipinski definition) is 0. The van der Waals surface area contributed by atoms with Gasteiger partial charge in [-0.05, 0) is 46.5 Å². The summed E-state index contributed by atoms with van der Waals surface area (Å²) in [5, 5.41) is 0. The molecule has 0 radical (unpaired) electrons. The highest BCUT2D eigenvalue weighted by atomic mass is 79.9. The quantitative estimate of drug-likeness (QED) is 0.786. The third-order valence-electron chi connectivity index (χ3n) is 2.53. The van der Waals surface area contributed by atoms with Crippen molar-refractivity contribution in [2.75, 3.05) is 0 Å². The van der Waals surface area contributed by atoms with Crippen LogP contribution in [0, 0.1) is 13.8 Å². The van der Waals surface area contributed by atoms with Crippen molar-refractivity contribution >= 4 is 15.9 Å². The Kier molecular flexibility index (Phi) is 2.82. The van der Waals surface area contributed by atoms with Crippen molar-refractivity contribution in [1.82, 2.24) is 9.97 Å². The van der Waals surface area contributed by atoms with Crippen LogP contribution in [0.1, 0.15) is 11.1 Å². The Labute approximate surface area is 97.5 Å². The van der Waals surface area contributed by atoms with Crippen molar-refractivity contribution in [1.29, 1.82) is 0 Å². The molecule has 0 unspecified atom stereocenters. The van der Waals surface area contributed by atoms with Gasteiger partial charge in [0.05, 0.1) is 0 Å². The highest BCUT2D eigenvalue weighted by Crippen LogP contribution is 2.31. The molecule has 76 valence electrons. The molecule has 0 N–H and O–H groups in total. The van der Waals surface area contributed by atoms with Gasteiger partial charge in [-0.15, -0.1) is 0 Å². The van der Waals surface area contributed by atoms with E-state index in [1.807, 2.05) is 12.4 Å². The van der Waals surface area contributed by atoms with E-state index < -0.39 is 0 Å². The predicted octanol–water partition coefficient (Wildman–Crippen LogP) is 3.52. The number of benzene rings is 1. The Balaban J connectivity index is 2.60. The molecule has 0 bridgehead atoms. The lowest BCUT2D eigenvalue weighted by Crippen LogP contribution is -1.88. The molecule has 2 nitrogen and oxygen atoms in total. The molecule has 1 aromatic heterocycles. The van der Waals surface area contributed by atoms with Gasteiger partial charge in [0.2, 0.25) is 0 Å². The van der Waals surface area contributed by atoms with Crippen LogP contribution >= 0.6 is 15.9 Å². The first-order valence-electron chi connectivity index (χ1n) is 4.71. The second kappa shape index (κ2) is 4.11. The summed E-state index contributed by atoms with van der Waals surface area (Å²) >= 11 is 3.61. The van der Waals surface area contributed by atoms with Gasteiger partial charge in [0.15, 0.2) is 0 Å². The SMILES string of the molecule is Cc1ccc(-c2cncnc2)c(Br)c1C. The van der Waals surface area contributed by atoms with Crippen molar-refractivity contribution in [3.05, 3.63) is 46.5 Å². The molecular weight excluding hydrogens is 252 g/mol. The van der Waals surface area contributed by atoms with Crippen LogP contribution < -0.4 is 0 Å². The maximum atomic E-state index is 4.02. The normalized spacial score (nSPS) is 10.3. The molecule has 1 aromatic carbocycles. The molecule has 0 spiro atoms. The number of hydrogen-bond acceptors (Lipinski definition) is 2. The van der Waals surface area contributed by atoms with Crippen molar-refractivity contribution in [2.24, 2.45) is 0 Å². The summed E-state index contributed by atoms with van der Waals surface area (Å²) in [4.78, 5) is 8.04. The fourth-order valence-corrected chi connectivity index (χ4v) is 2.12. The van der Waals surface area contributed by atoms with Gasteiger partial charge in [-0.1, -0.05) is 12.1 Å². The number of aryl methyl sites for hydroxylation is 1. The lowest BCUT2D eigenvalue weighted by Gasteiger charge is -2.08. The van der Waals surface area contributed by atoms with E-state index in [1.165, 1.54) is 11.1 Å². The molecule has 0 aliphatic carbocycles. The third kappa shape index (κ3) is 1.92. The summed E-state index contributed by atoms with van der Waals surface area (Å²) in [5.41, 5.74) is 4.71. The maximum absolute atomic E-state index is 4.02. The van der Waals surface area contributed by atoms with Crippen LogP contribution in [0.4, 0.5) is 0 Å². The zero-order valence-corrected chi connectivity index (χ0v) is 10.2. The second-order valence-electron chi connectivity index (χ2n) is 3.50. The largest absolute Gasteiger partial charge is 0.244 e. The molecule has 0 saturated carbocycles. The van der Waals surface area contributed by atoms with Crippen LogP contribution in [-0.2, 0) is 0 Å². The van der Waals surface area contributed by atoms with Crippen LogP contribution in [0.3, 0.4) is 0 Å². The molecule has 0 atom stereocenters. The van der Waals surface area contributed by atoms with Crippen molar-refractivity contribution in [3.63, 3.8) is 0 Å². The summed E-state index contributed by atoms with van der Waals surface area (Å²) in [7, 11) is 0. The summed E-state index contributed by atoms with van der Waals surface area (Å²) < 4.78 is 1.12. The topological polar surface area (TPSA) is 25.8 Å². The lowest BCUT2D eigenvalue weighted by molar-refractivity contribution is 1.17. The highest BCUT2D eigenvalue weighted by Gasteiger charge is 2.07. The monoisotopic (exact) mass is 262 g/mol. The van der Waals surface area contributed by atoms with Crippen molar-refractivity contribution in [2.45, 2.75) is 13.8 Å². The molecule has 1 heterocycles. The molecule has 0 amide bonds. The molecular formula is C12H11BrN2. The van der Waals surface area contributed by atoms with Gasteiger partial charge in [-0.2, -0.15) is 0 Å². The average Bonchev–Trinajstić information content (AvgIpc) is 2.27. The van der Waals surface area contributed by atoms with E-state index in [0.717, 1.165) is 15.6 Å². The predicted molar refractivity (Wildman–Crippen MR) is 64.6 cm³/mol. The molecule has 15 heavy (non-hydrogen) atoms. The summed E-state index contributed by atoms with van der Waals surface area (Å²) in [6.07, 6.45) is 5.18. The highest BCUT2D eigenvalue weighted by molar-refractivity contribution is 9.10. The number of aromatic nitrogens is 2. The van der Waals surface area contributed by atoms with Gasteiger partial charge in [0.25, 0.3) is 0 Å². The Bertz CT molecular complexity index is 480. The molecule has 0 aliphatic rings. The Morgan fingerprint density at radius 3 is 2.40 bits per heavy atom. The summed E-state index contributed by atoms with van der Waals surface area (Å²) in [5.74, 6) is 0. The van der Waals surface area contributed by atoms with Crippen molar-refractivity contribution < 1.29 is 0 Å². The number of nitrogens with zero attached hydrogens (tertiary/aromatic N) is 2. The van der Waals surface area contributed by atoms with Gasteiger partial charge in [-0.25, -0.2) is 9.97 Å². The molecule has 0 fully saturated rings. The second-order valence-corrected chi connectivity index (χ2v) is 4.29.